The van der Waals surface area contributed by atoms with Crippen LogP contribution in [0.2, 0.25) is 0 Å². The topological polar surface area (TPSA) is 59.0 Å². The van der Waals surface area contributed by atoms with Gasteiger partial charge in [0.05, 0.1) is 12.6 Å². The molecule has 0 bridgehead atoms. The summed E-state index contributed by atoms with van der Waals surface area (Å²) in [7, 11) is 0. The molecule has 5 nitrogen and oxygen atoms in total. The highest BCUT2D eigenvalue weighted by molar-refractivity contribution is 5.81. The monoisotopic (exact) mass is 290 g/mol. The molecule has 0 saturated heterocycles. The number of hydrogen-bond acceptors (Lipinski definition) is 3. The van der Waals surface area contributed by atoms with E-state index < -0.39 is 0 Å². The van der Waals surface area contributed by atoms with Crippen LogP contribution >= 0.6 is 0 Å². The minimum atomic E-state index is -0.166. The maximum atomic E-state index is 12.0. The first kappa shape index (κ1) is 15.8. The van der Waals surface area contributed by atoms with Gasteiger partial charge in [-0.2, -0.15) is 5.10 Å². The first-order valence-electron chi connectivity index (χ1n) is 7.92. The minimum Gasteiger partial charge on any atom is -0.354 e. The largest absolute Gasteiger partial charge is 0.354 e. The zero-order valence-corrected chi connectivity index (χ0v) is 12.8. The summed E-state index contributed by atoms with van der Waals surface area (Å²) in [6, 6.07) is 1.73. The van der Waals surface area contributed by atoms with Gasteiger partial charge in [0.1, 0.15) is 0 Å². The Morgan fingerprint density at radius 2 is 2.33 bits per heavy atom. The van der Waals surface area contributed by atoms with E-state index in [2.05, 4.69) is 21.8 Å². The summed E-state index contributed by atoms with van der Waals surface area (Å²) in [6.45, 7) is 4.16. The normalized spacial score (nSPS) is 16.3. The number of hydrogen-bond donors (Lipinski definition) is 2. The van der Waals surface area contributed by atoms with Crippen LogP contribution in [0, 0.1) is 0 Å². The van der Waals surface area contributed by atoms with Crippen molar-refractivity contribution < 1.29 is 4.79 Å². The lowest BCUT2D eigenvalue weighted by atomic mass is 9.97. The fraction of sp³-hybridized carbons (Fsp3) is 0.625. The van der Waals surface area contributed by atoms with Crippen LogP contribution in [-0.4, -0.2) is 34.8 Å². The summed E-state index contributed by atoms with van der Waals surface area (Å²) in [6.07, 6.45) is 12.0. The molecule has 1 aromatic rings. The fourth-order valence-corrected chi connectivity index (χ4v) is 2.55. The van der Waals surface area contributed by atoms with Gasteiger partial charge in [0.25, 0.3) is 0 Å². The number of carbonyl (C=O) groups excluding carboxylic acids is 1. The molecule has 21 heavy (non-hydrogen) atoms. The van der Waals surface area contributed by atoms with Crippen LogP contribution in [0.25, 0.3) is 0 Å². The Morgan fingerprint density at radius 3 is 3.05 bits per heavy atom. The molecule has 0 spiro atoms. The smallest absolute Gasteiger partial charge is 0.236 e. The number of nitrogens with zero attached hydrogens (tertiary/aromatic N) is 2. The molecule has 2 N–H and O–H groups in total. The Kier molecular flexibility index (Phi) is 6.47. The second-order valence-corrected chi connectivity index (χ2v) is 5.59. The third-order valence-electron chi connectivity index (χ3n) is 3.87. The van der Waals surface area contributed by atoms with Crippen molar-refractivity contribution in [2.75, 3.05) is 13.1 Å². The molecular formula is C16H26N4O. The lowest BCUT2D eigenvalue weighted by Gasteiger charge is -2.16. The number of amides is 1. The van der Waals surface area contributed by atoms with Crippen LogP contribution in [0.4, 0.5) is 0 Å². The van der Waals surface area contributed by atoms with Crippen LogP contribution in [0.1, 0.15) is 39.0 Å². The third-order valence-corrected chi connectivity index (χ3v) is 3.87. The molecule has 1 aromatic heterocycles. The molecule has 0 fully saturated rings. The van der Waals surface area contributed by atoms with Gasteiger partial charge in [-0.3, -0.25) is 9.48 Å². The van der Waals surface area contributed by atoms with Crippen molar-refractivity contribution in [3.8, 4) is 0 Å². The van der Waals surface area contributed by atoms with Crippen molar-refractivity contribution >= 4 is 5.91 Å². The van der Waals surface area contributed by atoms with Crippen molar-refractivity contribution in [1.82, 2.24) is 20.4 Å². The molecule has 0 unspecified atom stereocenters. The SMILES string of the molecule is C[C@H](NCCn1cccn1)C(=O)NCCC1=CCCCC1. The highest BCUT2D eigenvalue weighted by atomic mass is 16.2. The van der Waals surface area contributed by atoms with Gasteiger partial charge >= 0.3 is 0 Å². The van der Waals surface area contributed by atoms with Gasteiger partial charge in [-0.1, -0.05) is 11.6 Å². The summed E-state index contributed by atoms with van der Waals surface area (Å²) in [5.41, 5.74) is 1.50. The minimum absolute atomic E-state index is 0.0758. The molecule has 0 radical (unpaired) electrons. The molecule has 1 aliphatic rings. The van der Waals surface area contributed by atoms with Crippen molar-refractivity contribution in [3.05, 3.63) is 30.1 Å². The predicted molar refractivity (Wildman–Crippen MR) is 83.9 cm³/mol. The Morgan fingerprint density at radius 1 is 1.43 bits per heavy atom. The number of allylic oxidation sites excluding steroid dienone is 1. The van der Waals surface area contributed by atoms with Crippen LogP contribution in [0.3, 0.4) is 0 Å². The van der Waals surface area contributed by atoms with Crippen LogP contribution < -0.4 is 10.6 Å². The van der Waals surface area contributed by atoms with Gasteiger partial charge in [0.15, 0.2) is 0 Å². The predicted octanol–water partition coefficient (Wildman–Crippen LogP) is 1.87. The number of aromatic nitrogens is 2. The molecule has 1 aliphatic carbocycles. The second kappa shape index (κ2) is 8.62. The van der Waals surface area contributed by atoms with E-state index in [0.29, 0.717) is 0 Å². The summed E-state index contributed by atoms with van der Waals surface area (Å²) in [5.74, 6) is 0.0758. The number of nitrogens with one attached hydrogen (secondary N) is 2. The molecule has 2 rings (SSSR count). The van der Waals surface area contributed by atoms with Gasteiger partial charge in [-0.05, 0) is 45.1 Å². The maximum absolute atomic E-state index is 12.0. The van der Waals surface area contributed by atoms with Crippen LogP contribution in [0.5, 0.6) is 0 Å². The summed E-state index contributed by atoms with van der Waals surface area (Å²) in [5, 5.41) is 10.4. The Labute approximate surface area is 126 Å². The van der Waals surface area contributed by atoms with E-state index in [1.807, 2.05) is 23.9 Å². The standard InChI is InChI=1S/C16H26N4O/c1-14(17-11-13-20-12-5-9-19-20)16(21)18-10-8-15-6-3-2-4-7-15/h5-6,9,12,14,17H,2-4,7-8,10-11,13H2,1H3,(H,18,21)/t14-/m0/s1. The van der Waals surface area contributed by atoms with Gasteiger partial charge in [-0.15, -0.1) is 0 Å². The molecule has 5 heteroatoms. The molecule has 1 atom stereocenters. The van der Waals surface area contributed by atoms with Crippen molar-refractivity contribution in [2.24, 2.45) is 0 Å². The lowest BCUT2D eigenvalue weighted by molar-refractivity contribution is -0.122. The number of rotatable bonds is 8. The quantitative estimate of drug-likeness (QED) is 0.719. The molecule has 116 valence electrons. The van der Waals surface area contributed by atoms with E-state index in [-0.39, 0.29) is 11.9 Å². The Hall–Kier alpha value is -1.62. The van der Waals surface area contributed by atoms with Gasteiger partial charge < -0.3 is 10.6 Å². The highest BCUT2D eigenvalue weighted by Gasteiger charge is 2.11. The maximum Gasteiger partial charge on any atom is 0.236 e. The first-order valence-corrected chi connectivity index (χ1v) is 7.92. The van der Waals surface area contributed by atoms with Crippen molar-refractivity contribution in [3.63, 3.8) is 0 Å². The third kappa shape index (κ3) is 5.71. The van der Waals surface area contributed by atoms with E-state index in [9.17, 15) is 4.79 Å². The average Bonchev–Trinajstić information content (AvgIpc) is 3.01. The highest BCUT2D eigenvalue weighted by Crippen LogP contribution is 2.19. The molecule has 0 saturated carbocycles. The molecule has 0 aromatic carbocycles. The van der Waals surface area contributed by atoms with E-state index in [1.54, 1.807) is 6.20 Å². The Balaban J connectivity index is 1.57. The van der Waals surface area contributed by atoms with Gasteiger partial charge in [0, 0.05) is 25.5 Å². The van der Waals surface area contributed by atoms with E-state index in [1.165, 1.54) is 31.3 Å². The van der Waals surface area contributed by atoms with Crippen molar-refractivity contribution in [2.45, 2.75) is 51.6 Å². The first-order chi connectivity index (χ1) is 10.3. The van der Waals surface area contributed by atoms with Gasteiger partial charge in [0.2, 0.25) is 5.91 Å². The van der Waals surface area contributed by atoms with Crippen molar-refractivity contribution in [1.29, 1.82) is 0 Å². The molecule has 0 aliphatic heterocycles. The van der Waals surface area contributed by atoms with Crippen LogP contribution in [-0.2, 0) is 11.3 Å². The zero-order chi connectivity index (χ0) is 14.9. The summed E-state index contributed by atoms with van der Waals surface area (Å²) < 4.78 is 1.85. The molecular weight excluding hydrogens is 264 g/mol. The van der Waals surface area contributed by atoms with Crippen LogP contribution in [0.15, 0.2) is 30.1 Å². The Bertz CT molecular complexity index is 453. The second-order valence-electron chi connectivity index (χ2n) is 5.59. The van der Waals surface area contributed by atoms with E-state index >= 15 is 0 Å². The lowest BCUT2D eigenvalue weighted by Crippen LogP contribution is -2.43. The molecule has 1 heterocycles. The van der Waals surface area contributed by atoms with E-state index in [0.717, 1.165) is 26.1 Å². The zero-order valence-electron chi connectivity index (χ0n) is 12.8. The summed E-state index contributed by atoms with van der Waals surface area (Å²) in [4.78, 5) is 12.0. The average molecular weight is 290 g/mol. The molecule has 1 amide bonds. The van der Waals surface area contributed by atoms with Gasteiger partial charge in [-0.25, -0.2) is 0 Å². The van der Waals surface area contributed by atoms with E-state index in [4.69, 9.17) is 0 Å². The summed E-state index contributed by atoms with van der Waals surface area (Å²) >= 11 is 0. The number of carbonyl (C=O) groups is 1. The fourth-order valence-electron chi connectivity index (χ4n) is 2.55.